The number of rotatable bonds is 5. The molecule has 2 rings (SSSR count). The molecule has 0 fully saturated rings. The van der Waals surface area contributed by atoms with Crippen molar-refractivity contribution in [1.29, 1.82) is 0 Å². The van der Waals surface area contributed by atoms with Gasteiger partial charge in [0.05, 0.1) is 12.5 Å². The molecule has 1 atom stereocenters. The Morgan fingerprint density at radius 1 is 1.43 bits per heavy atom. The van der Waals surface area contributed by atoms with Gasteiger partial charge in [-0.25, -0.2) is 4.79 Å². The minimum atomic E-state index is -2.93. The summed E-state index contributed by atoms with van der Waals surface area (Å²) in [5.74, 6) is 0.0484. The Labute approximate surface area is 137 Å². The zero-order chi connectivity index (χ0) is 16.8. The van der Waals surface area contributed by atoms with E-state index in [2.05, 4.69) is 9.47 Å². The van der Waals surface area contributed by atoms with E-state index in [0.717, 1.165) is 5.57 Å². The van der Waals surface area contributed by atoms with Crippen LogP contribution in [0.4, 0.5) is 13.6 Å². The smallest absolute Gasteiger partial charge is 0.438 e. The molecule has 0 bridgehead atoms. The van der Waals surface area contributed by atoms with Gasteiger partial charge < -0.3 is 14.2 Å². The Morgan fingerprint density at radius 3 is 2.87 bits per heavy atom. The average Bonchev–Trinajstić information content (AvgIpc) is 2.53. The molecule has 23 heavy (non-hydrogen) atoms. The number of alkyl halides is 3. The molecule has 1 aliphatic rings. The molecule has 4 nitrogen and oxygen atoms in total. The first kappa shape index (κ1) is 17.3. The molecule has 7 heteroatoms. The number of benzene rings is 1. The summed E-state index contributed by atoms with van der Waals surface area (Å²) in [4.78, 5) is 11.0. The molecule has 0 radical (unpaired) electrons. The highest BCUT2D eigenvalue weighted by Gasteiger charge is 2.17. The monoisotopic (exact) mass is 344 g/mol. The van der Waals surface area contributed by atoms with Gasteiger partial charge in [-0.15, -0.1) is 11.6 Å². The summed E-state index contributed by atoms with van der Waals surface area (Å²) in [6.07, 6.45) is 5.03. The zero-order valence-electron chi connectivity index (χ0n) is 12.3. The molecule has 1 aromatic rings. The summed E-state index contributed by atoms with van der Waals surface area (Å²) in [6.45, 7) is -2.97. The maximum Gasteiger partial charge on any atom is 0.508 e. The van der Waals surface area contributed by atoms with Crippen LogP contribution in [-0.4, -0.2) is 25.3 Å². The first-order valence-corrected chi connectivity index (χ1v) is 7.23. The summed E-state index contributed by atoms with van der Waals surface area (Å²) in [5, 5.41) is -0.218. The van der Waals surface area contributed by atoms with E-state index in [9.17, 15) is 13.6 Å². The van der Waals surface area contributed by atoms with Gasteiger partial charge in [0, 0.05) is 5.56 Å². The fourth-order valence-corrected chi connectivity index (χ4v) is 2.41. The van der Waals surface area contributed by atoms with Crippen LogP contribution in [0.5, 0.6) is 5.75 Å². The van der Waals surface area contributed by atoms with E-state index in [0.29, 0.717) is 17.5 Å². The van der Waals surface area contributed by atoms with Crippen molar-refractivity contribution >= 4 is 23.3 Å². The van der Waals surface area contributed by atoms with Crippen LogP contribution >= 0.6 is 11.6 Å². The summed E-state index contributed by atoms with van der Waals surface area (Å²) >= 11 is 6.08. The normalized spacial score (nSPS) is 16.9. The average molecular weight is 345 g/mol. The minimum Gasteiger partial charge on any atom is -0.438 e. The fourth-order valence-electron chi connectivity index (χ4n) is 2.16. The number of ether oxygens (including phenoxy) is 3. The van der Waals surface area contributed by atoms with Crippen LogP contribution in [0.15, 0.2) is 36.4 Å². The van der Waals surface area contributed by atoms with Crippen molar-refractivity contribution < 1.29 is 27.8 Å². The van der Waals surface area contributed by atoms with E-state index < -0.39 is 12.8 Å². The lowest BCUT2D eigenvalue weighted by Crippen LogP contribution is -2.08. The Kier molecular flexibility index (Phi) is 5.98. The highest BCUT2D eigenvalue weighted by Crippen LogP contribution is 2.34. The molecule has 0 spiro atoms. The quantitative estimate of drug-likeness (QED) is 0.582. The predicted octanol–water partition coefficient (Wildman–Crippen LogP) is 4.52. The molecule has 0 N–H and O–H groups in total. The zero-order valence-corrected chi connectivity index (χ0v) is 13.1. The molecular formula is C16H15ClF2O4. The third-order valence-electron chi connectivity index (χ3n) is 3.16. The van der Waals surface area contributed by atoms with Crippen molar-refractivity contribution in [3.63, 3.8) is 0 Å². The number of allylic oxidation sites excluding steroid dienone is 4. The van der Waals surface area contributed by atoms with Gasteiger partial charge in [-0.1, -0.05) is 24.3 Å². The lowest BCUT2D eigenvalue weighted by molar-refractivity contribution is -0.0500. The van der Waals surface area contributed by atoms with Gasteiger partial charge in [0.2, 0.25) is 0 Å². The van der Waals surface area contributed by atoms with Crippen molar-refractivity contribution in [3.8, 4) is 5.75 Å². The lowest BCUT2D eigenvalue weighted by Gasteiger charge is -2.18. The van der Waals surface area contributed by atoms with E-state index in [4.69, 9.17) is 16.3 Å². The van der Waals surface area contributed by atoms with Crippen LogP contribution in [0.1, 0.15) is 17.5 Å². The molecule has 0 amide bonds. The maximum absolute atomic E-state index is 12.6. The molecule has 1 aliphatic carbocycles. The van der Waals surface area contributed by atoms with Gasteiger partial charge in [-0.3, -0.25) is 0 Å². The predicted molar refractivity (Wildman–Crippen MR) is 81.6 cm³/mol. The maximum atomic E-state index is 12.6. The number of methoxy groups -OCH3 is 1. The standard InChI is InChI=1S/C16H15ClF2O4/c1-21-16(20)22-9-10-5-6-14(23-15(18)19)13(7-10)11-3-2-4-12(17)8-11/h2-7,12,15H,8-9H2,1H3. The molecule has 1 aromatic carbocycles. The van der Waals surface area contributed by atoms with E-state index in [1.54, 1.807) is 24.3 Å². The topological polar surface area (TPSA) is 44.8 Å². The second-order valence-corrected chi connectivity index (χ2v) is 5.31. The second-order valence-electron chi connectivity index (χ2n) is 4.75. The van der Waals surface area contributed by atoms with E-state index in [1.807, 2.05) is 6.08 Å². The van der Waals surface area contributed by atoms with Crippen molar-refractivity contribution in [2.45, 2.75) is 25.0 Å². The molecule has 0 saturated carbocycles. The van der Waals surface area contributed by atoms with Gasteiger partial charge in [0.1, 0.15) is 12.4 Å². The largest absolute Gasteiger partial charge is 0.508 e. The SMILES string of the molecule is COC(=O)OCc1ccc(OC(F)F)c(C2=CC=CC(Cl)C2)c1. The first-order valence-electron chi connectivity index (χ1n) is 6.80. The molecule has 0 aliphatic heterocycles. The number of hydrogen-bond acceptors (Lipinski definition) is 4. The van der Waals surface area contributed by atoms with Gasteiger partial charge >= 0.3 is 12.8 Å². The summed E-state index contributed by atoms with van der Waals surface area (Å²) in [6, 6.07) is 4.59. The summed E-state index contributed by atoms with van der Waals surface area (Å²) in [7, 11) is 1.20. The van der Waals surface area contributed by atoms with Crippen molar-refractivity contribution in [2.24, 2.45) is 0 Å². The van der Waals surface area contributed by atoms with Crippen LogP contribution in [0.3, 0.4) is 0 Å². The first-order chi connectivity index (χ1) is 11.0. The Morgan fingerprint density at radius 2 is 2.22 bits per heavy atom. The molecular weight excluding hydrogens is 330 g/mol. The third-order valence-corrected chi connectivity index (χ3v) is 3.46. The van der Waals surface area contributed by atoms with Gasteiger partial charge in [-0.2, -0.15) is 8.78 Å². The van der Waals surface area contributed by atoms with Gasteiger partial charge in [0.15, 0.2) is 0 Å². The van der Waals surface area contributed by atoms with Crippen molar-refractivity contribution in [2.75, 3.05) is 7.11 Å². The van der Waals surface area contributed by atoms with Crippen LogP contribution in [0.25, 0.3) is 5.57 Å². The number of hydrogen-bond donors (Lipinski definition) is 0. The number of carbonyl (C=O) groups excluding carboxylic acids is 1. The second kappa shape index (κ2) is 7.97. The van der Waals surface area contributed by atoms with E-state index in [1.165, 1.54) is 13.2 Å². The van der Waals surface area contributed by atoms with Crippen molar-refractivity contribution in [1.82, 2.24) is 0 Å². The van der Waals surface area contributed by atoms with E-state index >= 15 is 0 Å². The number of halogens is 3. The summed E-state index contributed by atoms with van der Waals surface area (Å²) in [5.41, 5.74) is 1.88. The lowest BCUT2D eigenvalue weighted by atomic mass is 9.95. The Bertz CT molecular complexity index is 629. The highest BCUT2D eigenvalue weighted by molar-refractivity contribution is 6.22. The fraction of sp³-hybridized carbons (Fsp3) is 0.312. The molecule has 0 saturated heterocycles. The molecule has 124 valence electrons. The Hall–Kier alpha value is -2.08. The van der Waals surface area contributed by atoms with Crippen LogP contribution in [-0.2, 0) is 16.1 Å². The van der Waals surface area contributed by atoms with Crippen LogP contribution in [0.2, 0.25) is 0 Å². The molecule has 0 aromatic heterocycles. The number of carbonyl (C=O) groups is 1. The highest BCUT2D eigenvalue weighted by atomic mass is 35.5. The molecule has 0 heterocycles. The van der Waals surface area contributed by atoms with Gasteiger partial charge in [-0.05, 0) is 29.7 Å². The Balaban J connectivity index is 2.28. The minimum absolute atomic E-state index is 0.0396. The van der Waals surface area contributed by atoms with E-state index in [-0.39, 0.29) is 17.7 Å². The van der Waals surface area contributed by atoms with Crippen LogP contribution < -0.4 is 4.74 Å². The molecule has 1 unspecified atom stereocenters. The summed E-state index contributed by atoms with van der Waals surface area (Å²) < 4.78 is 39.0. The van der Waals surface area contributed by atoms with Crippen LogP contribution in [0, 0.1) is 0 Å². The van der Waals surface area contributed by atoms with Crippen molar-refractivity contribution in [3.05, 3.63) is 47.6 Å². The van der Waals surface area contributed by atoms with Gasteiger partial charge in [0.25, 0.3) is 0 Å². The third kappa shape index (κ3) is 4.96.